The van der Waals surface area contributed by atoms with Crippen molar-refractivity contribution in [3.05, 3.63) is 70.3 Å². The van der Waals surface area contributed by atoms with E-state index in [1.54, 1.807) is 0 Å². The summed E-state index contributed by atoms with van der Waals surface area (Å²) in [5.74, 6) is -0.782. The molecule has 1 aliphatic heterocycles. The molecule has 0 spiro atoms. The molecule has 1 saturated heterocycles. The minimum atomic E-state index is -0.782. The maximum atomic E-state index is 10.7. The fraction of sp³-hybridized carbons (Fsp3) is 0.552. The molecule has 1 aromatic carbocycles. The van der Waals surface area contributed by atoms with Gasteiger partial charge in [0.25, 0.3) is 0 Å². The highest BCUT2D eigenvalue weighted by molar-refractivity contribution is 6.31. The summed E-state index contributed by atoms with van der Waals surface area (Å²) in [6, 6.07) is 6.78. The lowest BCUT2D eigenvalue weighted by Crippen LogP contribution is -2.39. The van der Waals surface area contributed by atoms with Crippen LogP contribution < -0.4 is 0 Å². The Balaban J connectivity index is 1.78. The molecule has 0 amide bonds. The van der Waals surface area contributed by atoms with Gasteiger partial charge in [0.15, 0.2) is 0 Å². The van der Waals surface area contributed by atoms with Gasteiger partial charge in [-0.25, -0.2) is 0 Å². The monoisotopic (exact) mass is 503 g/mol. The number of halogens is 1. The number of carboxylic acids is 1. The normalized spacial score (nSPS) is 19.1. The third-order valence-corrected chi connectivity index (χ3v) is 6.80. The van der Waals surface area contributed by atoms with Crippen LogP contribution in [0.2, 0.25) is 5.02 Å². The van der Waals surface area contributed by atoms with Crippen LogP contribution in [0.25, 0.3) is 0 Å². The predicted molar refractivity (Wildman–Crippen MR) is 144 cm³/mol. The van der Waals surface area contributed by atoms with E-state index in [4.69, 9.17) is 21.4 Å². The number of likely N-dealkylation sites (tertiary alicyclic amines) is 1. The van der Waals surface area contributed by atoms with Crippen LogP contribution in [-0.2, 0) is 22.4 Å². The van der Waals surface area contributed by atoms with Crippen molar-refractivity contribution in [1.29, 1.82) is 0 Å². The minimum Gasteiger partial charge on any atom is -0.481 e. The second kappa shape index (κ2) is 15.9. The van der Waals surface area contributed by atoms with Gasteiger partial charge in [-0.2, -0.15) is 0 Å². The van der Waals surface area contributed by atoms with Crippen molar-refractivity contribution in [2.75, 3.05) is 19.7 Å². The molecule has 0 aliphatic carbocycles. The van der Waals surface area contributed by atoms with E-state index in [1.165, 1.54) is 11.1 Å². The highest BCUT2D eigenvalue weighted by Gasteiger charge is 2.26. The van der Waals surface area contributed by atoms with Crippen LogP contribution in [0.4, 0.5) is 0 Å². The average molecular weight is 504 g/mol. The number of hydrogen-bond acceptors (Lipinski definition) is 4. The maximum Gasteiger partial charge on any atom is 0.303 e. The van der Waals surface area contributed by atoms with Crippen molar-refractivity contribution >= 4 is 17.6 Å². The third-order valence-electron chi connectivity index (χ3n) is 6.43. The Hall–Kier alpha value is -1.92. The molecule has 194 valence electrons. The number of aliphatic carboxylic acids is 1. The largest absolute Gasteiger partial charge is 0.481 e. The van der Waals surface area contributed by atoms with Crippen LogP contribution in [0.1, 0.15) is 64.0 Å². The first kappa shape index (κ1) is 29.3. The van der Waals surface area contributed by atoms with Crippen molar-refractivity contribution in [2.45, 2.75) is 84.0 Å². The Morgan fingerprint density at radius 1 is 1.31 bits per heavy atom. The van der Waals surface area contributed by atoms with Gasteiger partial charge in [-0.3, -0.25) is 9.69 Å². The van der Waals surface area contributed by atoms with Crippen molar-refractivity contribution in [3.8, 4) is 0 Å². The van der Waals surface area contributed by atoms with Crippen LogP contribution >= 0.6 is 11.6 Å². The van der Waals surface area contributed by atoms with Gasteiger partial charge in [0.2, 0.25) is 0 Å². The molecule has 0 radical (unpaired) electrons. The van der Waals surface area contributed by atoms with Gasteiger partial charge in [0.05, 0.1) is 18.8 Å². The van der Waals surface area contributed by atoms with Crippen molar-refractivity contribution < 1.29 is 19.7 Å². The fourth-order valence-electron chi connectivity index (χ4n) is 4.42. The van der Waals surface area contributed by atoms with E-state index in [0.29, 0.717) is 25.6 Å². The lowest BCUT2D eigenvalue weighted by Gasteiger charge is -2.27. The average Bonchev–Trinajstić information content (AvgIpc) is 3.25. The zero-order valence-electron chi connectivity index (χ0n) is 21.5. The van der Waals surface area contributed by atoms with Gasteiger partial charge in [-0.15, -0.1) is 0 Å². The molecule has 6 heteroatoms. The van der Waals surface area contributed by atoms with Crippen LogP contribution in [0.15, 0.2) is 54.2 Å². The number of carboxylic acid groups (broad SMARTS) is 1. The molecule has 2 N–H and O–H groups in total. The molecule has 0 unspecified atom stereocenters. The molecule has 3 atom stereocenters. The van der Waals surface area contributed by atoms with E-state index >= 15 is 0 Å². The molecule has 0 saturated carbocycles. The predicted octanol–water partition coefficient (Wildman–Crippen LogP) is 5.99. The van der Waals surface area contributed by atoms with Gasteiger partial charge in [0, 0.05) is 24.0 Å². The van der Waals surface area contributed by atoms with E-state index in [-0.39, 0.29) is 12.5 Å². The van der Waals surface area contributed by atoms with Crippen LogP contribution in [0, 0.1) is 0 Å². The van der Waals surface area contributed by atoms with Crippen molar-refractivity contribution in [2.24, 2.45) is 0 Å². The number of β-amino-alcohol motifs (C(OH)–C–C–N with tert-alkyl or cyclic N) is 1. The molecule has 35 heavy (non-hydrogen) atoms. The fourth-order valence-corrected chi connectivity index (χ4v) is 4.67. The Morgan fingerprint density at radius 3 is 2.83 bits per heavy atom. The number of aryl methyl sites for hydroxylation is 1. The summed E-state index contributed by atoms with van der Waals surface area (Å²) >= 11 is 6.28. The van der Waals surface area contributed by atoms with Gasteiger partial charge in [-0.05, 0) is 69.2 Å². The molecular weight excluding hydrogens is 462 g/mol. The number of ether oxygens (including phenoxy) is 1. The van der Waals surface area contributed by atoms with E-state index in [9.17, 15) is 9.90 Å². The lowest BCUT2D eigenvalue weighted by molar-refractivity contribution is -0.136. The third kappa shape index (κ3) is 11.1. The summed E-state index contributed by atoms with van der Waals surface area (Å²) in [6.45, 7) is 8.09. The van der Waals surface area contributed by atoms with Gasteiger partial charge in [-0.1, -0.05) is 73.5 Å². The first-order valence-electron chi connectivity index (χ1n) is 12.9. The molecule has 2 rings (SSSR count). The zero-order chi connectivity index (χ0) is 25.6. The molecular formula is C29H42ClNO4. The summed E-state index contributed by atoms with van der Waals surface area (Å²) in [5, 5.41) is 20.2. The van der Waals surface area contributed by atoms with Crippen molar-refractivity contribution in [3.63, 3.8) is 0 Å². The number of aliphatic hydroxyl groups is 1. The molecule has 0 aromatic heterocycles. The Bertz CT molecular complexity index is 879. The molecule has 1 aromatic rings. The number of benzene rings is 1. The summed E-state index contributed by atoms with van der Waals surface area (Å²) in [7, 11) is 0. The topological polar surface area (TPSA) is 70.0 Å². The molecule has 0 bridgehead atoms. The van der Waals surface area contributed by atoms with E-state index < -0.39 is 12.1 Å². The second-order valence-electron chi connectivity index (χ2n) is 9.33. The number of hydrogen-bond donors (Lipinski definition) is 2. The molecule has 1 heterocycles. The standard InChI is InChI=1S/C29H42ClNO4/c1-4-24-18-23(15-16-28(24)30)19-25-12-9-17-31(25)20-26(32)21-35-27(5-2)13-7-6-10-22(3)11-8-14-29(33)34/h6-7,10-11,13,15-16,18,25-27,32H,4-5,8-9,12,14,17,19-21H2,1-3H3,(H,33,34)/b10-6-,13-7+,22-11+/t25-,26+,27+/m0/s1. The maximum absolute atomic E-state index is 10.7. The van der Waals surface area contributed by atoms with Gasteiger partial charge >= 0.3 is 5.97 Å². The summed E-state index contributed by atoms with van der Waals surface area (Å²) in [6.07, 6.45) is 14.9. The Morgan fingerprint density at radius 2 is 2.11 bits per heavy atom. The summed E-state index contributed by atoms with van der Waals surface area (Å²) in [4.78, 5) is 13.0. The van der Waals surface area contributed by atoms with Crippen LogP contribution in [-0.4, -0.2) is 59.0 Å². The zero-order valence-corrected chi connectivity index (χ0v) is 22.2. The first-order valence-corrected chi connectivity index (χ1v) is 13.2. The van der Waals surface area contributed by atoms with Crippen LogP contribution in [0.5, 0.6) is 0 Å². The summed E-state index contributed by atoms with van der Waals surface area (Å²) in [5.41, 5.74) is 3.54. The molecule has 5 nitrogen and oxygen atoms in total. The quantitative estimate of drug-likeness (QED) is 0.288. The lowest BCUT2D eigenvalue weighted by atomic mass is 10.0. The number of carbonyl (C=O) groups is 1. The first-order chi connectivity index (χ1) is 16.8. The van der Waals surface area contributed by atoms with E-state index in [1.807, 2.05) is 43.4 Å². The van der Waals surface area contributed by atoms with Crippen molar-refractivity contribution in [1.82, 2.24) is 4.90 Å². The smallest absolute Gasteiger partial charge is 0.303 e. The highest BCUT2D eigenvalue weighted by Crippen LogP contribution is 2.24. The van der Waals surface area contributed by atoms with Gasteiger partial charge < -0.3 is 14.9 Å². The molecule has 1 aliphatic rings. The SMILES string of the molecule is CCc1cc(C[C@@H]2CCCN2C[C@@H](O)CO[C@@H](/C=C/C=C\C(C)=C\CCC(=O)O)CC)ccc1Cl. The summed E-state index contributed by atoms with van der Waals surface area (Å²) < 4.78 is 5.97. The Kier molecular flexibility index (Phi) is 13.4. The highest BCUT2D eigenvalue weighted by atomic mass is 35.5. The van der Waals surface area contributed by atoms with E-state index in [0.717, 1.165) is 49.2 Å². The number of nitrogens with zero attached hydrogens (tertiary/aromatic N) is 1. The van der Waals surface area contributed by atoms with Gasteiger partial charge in [0.1, 0.15) is 0 Å². The number of allylic oxidation sites excluding steroid dienone is 5. The number of aliphatic hydroxyl groups excluding tert-OH is 1. The second-order valence-corrected chi connectivity index (χ2v) is 9.74. The minimum absolute atomic E-state index is 0.0542. The van der Waals surface area contributed by atoms with E-state index in [2.05, 4.69) is 30.9 Å². The Labute approximate surface area is 216 Å². The molecule has 1 fully saturated rings. The number of rotatable bonds is 15. The van der Waals surface area contributed by atoms with Crippen LogP contribution in [0.3, 0.4) is 0 Å².